The van der Waals surface area contributed by atoms with E-state index in [2.05, 4.69) is 0 Å². The number of halogens is 1. The van der Waals surface area contributed by atoms with E-state index >= 15 is 0 Å². The van der Waals surface area contributed by atoms with Crippen LogP contribution in [0.1, 0.15) is 41.6 Å². The van der Waals surface area contributed by atoms with E-state index < -0.39 is 5.82 Å². The summed E-state index contributed by atoms with van der Waals surface area (Å²) < 4.78 is 14.0. The van der Waals surface area contributed by atoms with Crippen molar-refractivity contribution in [3.8, 4) is 0 Å². The van der Waals surface area contributed by atoms with Gasteiger partial charge in [-0.2, -0.15) is 0 Å². The molecule has 1 aromatic rings. The molecule has 1 unspecified atom stereocenters. The van der Waals surface area contributed by atoms with Crippen molar-refractivity contribution in [3.05, 3.63) is 35.1 Å². The SMILES string of the molecule is Cc1cccc(C(=O)N2CCCC2CCCO)c1F. The Labute approximate surface area is 113 Å². The van der Waals surface area contributed by atoms with Gasteiger partial charge in [0, 0.05) is 19.2 Å². The third kappa shape index (κ3) is 2.95. The molecule has 0 spiro atoms. The maximum Gasteiger partial charge on any atom is 0.257 e. The Kier molecular flexibility index (Phi) is 4.53. The largest absolute Gasteiger partial charge is 0.396 e. The molecule has 0 aliphatic carbocycles. The summed E-state index contributed by atoms with van der Waals surface area (Å²) in [5.74, 6) is -0.637. The molecule has 2 rings (SSSR count). The number of aliphatic hydroxyl groups excluding tert-OH is 1. The zero-order valence-electron chi connectivity index (χ0n) is 11.2. The zero-order valence-corrected chi connectivity index (χ0v) is 11.2. The molecule has 0 bridgehead atoms. The van der Waals surface area contributed by atoms with E-state index in [9.17, 15) is 9.18 Å². The number of amides is 1. The van der Waals surface area contributed by atoms with Crippen molar-refractivity contribution in [2.45, 2.75) is 38.6 Å². The van der Waals surface area contributed by atoms with Gasteiger partial charge in [-0.15, -0.1) is 0 Å². The van der Waals surface area contributed by atoms with Crippen molar-refractivity contribution in [3.63, 3.8) is 0 Å². The third-order valence-electron chi connectivity index (χ3n) is 3.76. The highest BCUT2D eigenvalue weighted by atomic mass is 19.1. The summed E-state index contributed by atoms with van der Waals surface area (Å²) in [6.45, 7) is 2.49. The van der Waals surface area contributed by atoms with E-state index in [1.165, 1.54) is 0 Å². The van der Waals surface area contributed by atoms with Crippen molar-refractivity contribution in [1.29, 1.82) is 0 Å². The molecule has 104 valence electrons. The highest BCUT2D eigenvalue weighted by molar-refractivity contribution is 5.95. The highest BCUT2D eigenvalue weighted by Gasteiger charge is 2.30. The fraction of sp³-hybridized carbons (Fsp3) is 0.533. The first-order valence-corrected chi connectivity index (χ1v) is 6.82. The van der Waals surface area contributed by atoms with Crippen LogP contribution in [0, 0.1) is 12.7 Å². The van der Waals surface area contributed by atoms with Gasteiger partial charge in [0.15, 0.2) is 0 Å². The van der Waals surface area contributed by atoms with Gasteiger partial charge in [-0.05, 0) is 44.2 Å². The summed E-state index contributed by atoms with van der Waals surface area (Å²) in [4.78, 5) is 14.2. The lowest BCUT2D eigenvalue weighted by molar-refractivity contribution is 0.0719. The Bertz CT molecular complexity index is 461. The second-order valence-corrected chi connectivity index (χ2v) is 5.10. The van der Waals surface area contributed by atoms with Crippen LogP contribution in [-0.4, -0.2) is 35.1 Å². The molecular formula is C15H20FNO2. The molecule has 0 aromatic heterocycles. The van der Waals surface area contributed by atoms with Gasteiger partial charge in [-0.1, -0.05) is 12.1 Å². The molecule has 1 heterocycles. The Morgan fingerprint density at radius 3 is 3.05 bits per heavy atom. The third-order valence-corrected chi connectivity index (χ3v) is 3.76. The van der Waals surface area contributed by atoms with E-state index in [1.54, 1.807) is 30.0 Å². The van der Waals surface area contributed by atoms with Crippen LogP contribution in [-0.2, 0) is 0 Å². The van der Waals surface area contributed by atoms with E-state index in [1.807, 2.05) is 0 Å². The molecule has 0 saturated carbocycles. The van der Waals surface area contributed by atoms with Crippen molar-refractivity contribution in [1.82, 2.24) is 4.90 Å². The summed E-state index contributed by atoms with van der Waals surface area (Å²) in [7, 11) is 0. The van der Waals surface area contributed by atoms with Gasteiger partial charge < -0.3 is 10.0 Å². The Morgan fingerprint density at radius 2 is 2.32 bits per heavy atom. The lowest BCUT2D eigenvalue weighted by Crippen LogP contribution is -2.36. The zero-order chi connectivity index (χ0) is 13.8. The molecule has 1 fully saturated rings. The molecule has 19 heavy (non-hydrogen) atoms. The highest BCUT2D eigenvalue weighted by Crippen LogP contribution is 2.25. The van der Waals surface area contributed by atoms with Crippen LogP contribution in [0.2, 0.25) is 0 Å². The van der Waals surface area contributed by atoms with Crippen LogP contribution in [0.5, 0.6) is 0 Å². The molecule has 1 saturated heterocycles. The molecule has 1 atom stereocenters. The first-order chi connectivity index (χ1) is 9.15. The number of nitrogens with zero attached hydrogens (tertiary/aromatic N) is 1. The minimum absolute atomic E-state index is 0.136. The second kappa shape index (κ2) is 6.15. The molecule has 1 aromatic carbocycles. The normalized spacial score (nSPS) is 18.9. The molecule has 4 heteroatoms. The minimum Gasteiger partial charge on any atom is -0.396 e. The number of aryl methyl sites for hydroxylation is 1. The molecule has 3 nitrogen and oxygen atoms in total. The second-order valence-electron chi connectivity index (χ2n) is 5.10. The lowest BCUT2D eigenvalue weighted by atomic mass is 10.1. The number of likely N-dealkylation sites (tertiary alicyclic amines) is 1. The van der Waals surface area contributed by atoms with Crippen LogP contribution in [0.15, 0.2) is 18.2 Å². The molecule has 0 radical (unpaired) electrons. The fourth-order valence-corrected chi connectivity index (χ4v) is 2.70. The van der Waals surface area contributed by atoms with Gasteiger partial charge >= 0.3 is 0 Å². The number of carbonyl (C=O) groups excluding carboxylic acids is 1. The smallest absolute Gasteiger partial charge is 0.257 e. The molecule has 1 amide bonds. The number of rotatable bonds is 4. The van der Waals surface area contributed by atoms with Gasteiger partial charge in [0.05, 0.1) is 5.56 Å². The minimum atomic E-state index is -0.416. The summed E-state index contributed by atoms with van der Waals surface area (Å²) in [5, 5.41) is 8.89. The molecular weight excluding hydrogens is 245 g/mol. The Balaban J connectivity index is 2.16. The fourth-order valence-electron chi connectivity index (χ4n) is 2.70. The van der Waals surface area contributed by atoms with Gasteiger partial charge in [0.25, 0.3) is 5.91 Å². The summed E-state index contributed by atoms with van der Waals surface area (Å²) in [6.07, 6.45) is 3.37. The van der Waals surface area contributed by atoms with Crippen molar-refractivity contribution in [2.24, 2.45) is 0 Å². The summed E-state index contributed by atoms with van der Waals surface area (Å²) in [6, 6.07) is 5.06. The Morgan fingerprint density at radius 1 is 1.53 bits per heavy atom. The first-order valence-electron chi connectivity index (χ1n) is 6.82. The number of aliphatic hydroxyl groups is 1. The van der Waals surface area contributed by atoms with Gasteiger partial charge in [-0.3, -0.25) is 4.79 Å². The topological polar surface area (TPSA) is 40.5 Å². The number of carbonyl (C=O) groups is 1. The first kappa shape index (κ1) is 14.0. The van der Waals surface area contributed by atoms with Crippen molar-refractivity contribution < 1.29 is 14.3 Å². The van der Waals surface area contributed by atoms with E-state index in [-0.39, 0.29) is 24.1 Å². The van der Waals surface area contributed by atoms with Crippen LogP contribution < -0.4 is 0 Å². The standard InChI is InChI=1S/C15H20FNO2/c1-11-5-2-8-13(14(11)16)15(19)17-9-3-6-12(17)7-4-10-18/h2,5,8,12,18H,3-4,6-7,9-10H2,1H3. The van der Waals surface area contributed by atoms with E-state index in [4.69, 9.17) is 5.11 Å². The quantitative estimate of drug-likeness (QED) is 0.908. The maximum absolute atomic E-state index is 14.0. The monoisotopic (exact) mass is 265 g/mol. The average Bonchev–Trinajstić information content (AvgIpc) is 2.87. The number of hydrogen-bond acceptors (Lipinski definition) is 2. The summed E-state index contributed by atoms with van der Waals surface area (Å²) >= 11 is 0. The average molecular weight is 265 g/mol. The number of hydrogen-bond donors (Lipinski definition) is 1. The predicted octanol–water partition coefficient (Wildman–Crippen LogP) is 2.51. The molecule has 1 aliphatic rings. The maximum atomic E-state index is 14.0. The van der Waals surface area contributed by atoms with Crippen molar-refractivity contribution >= 4 is 5.91 Å². The van der Waals surface area contributed by atoms with Gasteiger partial charge in [-0.25, -0.2) is 4.39 Å². The van der Waals surface area contributed by atoms with Crippen LogP contribution >= 0.6 is 0 Å². The predicted molar refractivity (Wildman–Crippen MR) is 71.5 cm³/mol. The Hall–Kier alpha value is -1.42. The number of benzene rings is 1. The van der Waals surface area contributed by atoms with Crippen molar-refractivity contribution in [2.75, 3.05) is 13.2 Å². The van der Waals surface area contributed by atoms with Crippen LogP contribution in [0.25, 0.3) is 0 Å². The van der Waals surface area contributed by atoms with Crippen LogP contribution in [0.4, 0.5) is 4.39 Å². The molecule has 1 aliphatic heterocycles. The van der Waals surface area contributed by atoms with Crippen LogP contribution in [0.3, 0.4) is 0 Å². The lowest BCUT2D eigenvalue weighted by Gasteiger charge is -2.25. The van der Waals surface area contributed by atoms with E-state index in [0.29, 0.717) is 18.5 Å². The van der Waals surface area contributed by atoms with Gasteiger partial charge in [0.1, 0.15) is 5.82 Å². The summed E-state index contributed by atoms with van der Waals surface area (Å²) in [5.41, 5.74) is 0.660. The van der Waals surface area contributed by atoms with Gasteiger partial charge in [0.2, 0.25) is 0 Å². The van der Waals surface area contributed by atoms with E-state index in [0.717, 1.165) is 19.3 Å². The molecule has 1 N–H and O–H groups in total.